The van der Waals surface area contributed by atoms with Crippen molar-refractivity contribution in [3.8, 4) is 28.6 Å². The number of rotatable bonds is 4. The molecule has 1 aliphatic heterocycles. The van der Waals surface area contributed by atoms with Gasteiger partial charge in [0.15, 0.2) is 11.5 Å². The van der Waals surface area contributed by atoms with Gasteiger partial charge in [0.2, 0.25) is 5.75 Å². The first-order valence-electron chi connectivity index (χ1n) is 9.95. The minimum absolute atomic E-state index is 0.150. The predicted molar refractivity (Wildman–Crippen MR) is 110 cm³/mol. The Morgan fingerprint density at radius 1 is 1.07 bits per heavy atom. The minimum atomic E-state index is -0.227. The number of methoxy groups -OCH3 is 1. The zero-order chi connectivity index (χ0) is 19.4. The largest absolute Gasteiger partial charge is 0.504 e. The van der Waals surface area contributed by atoms with Gasteiger partial charge in [0.1, 0.15) is 5.82 Å². The molecule has 1 aliphatic carbocycles. The molecule has 2 N–H and O–H groups in total. The quantitative estimate of drug-likeness (QED) is 0.659. The van der Waals surface area contributed by atoms with Gasteiger partial charge in [0.05, 0.1) is 18.1 Å². The molecule has 1 saturated carbocycles. The van der Waals surface area contributed by atoms with E-state index < -0.39 is 0 Å². The van der Waals surface area contributed by atoms with Gasteiger partial charge in [0, 0.05) is 35.9 Å². The van der Waals surface area contributed by atoms with Crippen LogP contribution < -0.4 is 9.64 Å². The number of anilines is 1. The third-order valence-electron chi connectivity index (χ3n) is 6.29. The highest BCUT2D eigenvalue weighted by Gasteiger charge is 2.28. The Morgan fingerprint density at radius 2 is 1.86 bits per heavy atom. The molecular weight excluding hydrogens is 354 g/mol. The van der Waals surface area contributed by atoms with E-state index in [1.165, 1.54) is 25.6 Å². The molecule has 1 aromatic heterocycles. The summed E-state index contributed by atoms with van der Waals surface area (Å²) in [5.41, 5.74) is 4.71. The average molecular weight is 379 g/mol. The maximum Gasteiger partial charge on any atom is 0.200 e. The predicted octanol–water partition coefficient (Wildman–Crippen LogP) is 4.37. The SMILES string of the molecule is COc1cc(-c2nc3cc(N4CCC4)ccc3n2C2CCC2)c(C)c(O)c1O. The number of nitrogens with zero attached hydrogens (tertiary/aromatic N) is 3. The molecule has 6 nitrogen and oxygen atoms in total. The molecule has 0 amide bonds. The van der Waals surface area contributed by atoms with Crippen LogP contribution in [0, 0.1) is 6.92 Å². The Kier molecular flexibility index (Phi) is 3.89. The Bertz CT molecular complexity index is 1060. The number of ether oxygens (including phenoxy) is 1. The second-order valence-electron chi connectivity index (χ2n) is 7.85. The lowest BCUT2D eigenvalue weighted by atomic mass is 9.92. The van der Waals surface area contributed by atoms with Gasteiger partial charge in [-0.2, -0.15) is 0 Å². The van der Waals surface area contributed by atoms with Crippen molar-refractivity contribution in [2.45, 2.75) is 38.6 Å². The summed E-state index contributed by atoms with van der Waals surface area (Å²) in [6.07, 6.45) is 4.73. The summed E-state index contributed by atoms with van der Waals surface area (Å²) in [6.45, 7) is 4.01. The van der Waals surface area contributed by atoms with Crippen molar-refractivity contribution in [2.24, 2.45) is 0 Å². The zero-order valence-electron chi connectivity index (χ0n) is 16.3. The molecule has 6 heteroatoms. The van der Waals surface area contributed by atoms with Crippen molar-refractivity contribution < 1.29 is 14.9 Å². The van der Waals surface area contributed by atoms with Gasteiger partial charge >= 0.3 is 0 Å². The fourth-order valence-corrected chi connectivity index (χ4v) is 4.18. The van der Waals surface area contributed by atoms with Gasteiger partial charge in [0.25, 0.3) is 0 Å². The Balaban J connectivity index is 1.73. The molecule has 0 atom stereocenters. The third-order valence-corrected chi connectivity index (χ3v) is 6.29. The molecule has 0 bridgehead atoms. The summed E-state index contributed by atoms with van der Waals surface area (Å²) < 4.78 is 7.58. The van der Waals surface area contributed by atoms with Crippen LogP contribution in [0.2, 0.25) is 0 Å². The summed E-state index contributed by atoms with van der Waals surface area (Å²) in [5, 5.41) is 20.6. The topological polar surface area (TPSA) is 70.8 Å². The molecule has 1 saturated heterocycles. The van der Waals surface area contributed by atoms with Crippen LogP contribution in [0.5, 0.6) is 17.2 Å². The molecule has 2 fully saturated rings. The standard InChI is InChI=1S/C22H25N3O3/c1-13-16(12-19(28-2)21(27)20(13)26)22-23-17-11-15(24-9-4-10-24)7-8-18(17)25(22)14-5-3-6-14/h7-8,11-12,14,26-27H,3-6,9-10H2,1-2H3. The van der Waals surface area contributed by atoms with E-state index in [0.717, 1.165) is 48.4 Å². The van der Waals surface area contributed by atoms with E-state index >= 15 is 0 Å². The van der Waals surface area contributed by atoms with E-state index in [0.29, 0.717) is 11.6 Å². The lowest BCUT2D eigenvalue weighted by Gasteiger charge is -2.33. The molecule has 0 radical (unpaired) electrons. The highest BCUT2D eigenvalue weighted by molar-refractivity contribution is 5.86. The van der Waals surface area contributed by atoms with Gasteiger partial charge in [-0.25, -0.2) is 4.98 Å². The molecule has 146 valence electrons. The van der Waals surface area contributed by atoms with Gasteiger partial charge in [-0.1, -0.05) is 0 Å². The number of hydrogen-bond acceptors (Lipinski definition) is 5. The fourth-order valence-electron chi connectivity index (χ4n) is 4.18. The minimum Gasteiger partial charge on any atom is -0.504 e. The Labute approximate surface area is 164 Å². The molecule has 2 aromatic carbocycles. The molecule has 3 aromatic rings. The zero-order valence-corrected chi connectivity index (χ0v) is 16.3. The summed E-state index contributed by atoms with van der Waals surface area (Å²) in [6, 6.07) is 8.71. The second kappa shape index (κ2) is 6.33. The van der Waals surface area contributed by atoms with Crippen LogP contribution in [-0.4, -0.2) is 40.0 Å². The van der Waals surface area contributed by atoms with Gasteiger partial charge < -0.3 is 24.4 Å². The number of phenols is 2. The van der Waals surface area contributed by atoms with Crippen molar-refractivity contribution in [1.29, 1.82) is 0 Å². The Hall–Kier alpha value is -2.89. The van der Waals surface area contributed by atoms with Crippen molar-refractivity contribution in [1.82, 2.24) is 9.55 Å². The lowest BCUT2D eigenvalue weighted by Crippen LogP contribution is -2.36. The number of aromatic nitrogens is 2. The third kappa shape index (κ3) is 2.44. The number of hydrogen-bond donors (Lipinski definition) is 2. The maximum absolute atomic E-state index is 10.4. The monoisotopic (exact) mass is 379 g/mol. The van der Waals surface area contributed by atoms with Crippen LogP contribution in [0.15, 0.2) is 24.3 Å². The molecule has 0 unspecified atom stereocenters. The van der Waals surface area contributed by atoms with Crippen molar-refractivity contribution in [3.63, 3.8) is 0 Å². The van der Waals surface area contributed by atoms with Crippen LogP contribution in [0.4, 0.5) is 5.69 Å². The molecule has 0 spiro atoms. The highest BCUT2D eigenvalue weighted by atomic mass is 16.5. The average Bonchev–Trinajstić information content (AvgIpc) is 2.96. The normalized spacial score (nSPS) is 16.9. The van der Waals surface area contributed by atoms with E-state index in [4.69, 9.17) is 9.72 Å². The smallest absolute Gasteiger partial charge is 0.200 e. The van der Waals surface area contributed by atoms with E-state index in [1.807, 2.05) is 0 Å². The number of phenolic OH excluding ortho intramolecular Hbond substituents is 2. The molecule has 2 heterocycles. The molecule has 2 aliphatic rings. The Morgan fingerprint density at radius 3 is 2.46 bits per heavy atom. The van der Waals surface area contributed by atoms with E-state index in [-0.39, 0.29) is 17.2 Å². The first-order valence-corrected chi connectivity index (χ1v) is 9.95. The van der Waals surface area contributed by atoms with Gasteiger partial charge in [-0.15, -0.1) is 0 Å². The van der Waals surface area contributed by atoms with E-state index in [2.05, 4.69) is 27.7 Å². The first kappa shape index (κ1) is 17.2. The van der Waals surface area contributed by atoms with E-state index in [9.17, 15) is 10.2 Å². The van der Waals surface area contributed by atoms with Crippen molar-refractivity contribution in [2.75, 3.05) is 25.1 Å². The number of imidazole rings is 1. The van der Waals surface area contributed by atoms with Gasteiger partial charge in [-0.3, -0.25) is 0 Å². The summed E-state index contributed by atoms with van der Waals surface area (Å²) in [5.74, 6) is 0.705. The number of aromatic hydroxyl groups is 2. The summed E-state index contributed by atoms with van der Waals surface area (Å²) in [4.78, 5) is 7.35. The molecule has 28 heavy (non-hydrogen) atoms. The van der Waals surface area contributed by atoms with Crippen LogP contribution >= 0.6 is 0 Å². The van der Waals surface area contributed by atoms with Crippen LogP contribution in [0.25, 0.3) is 22.4 Å². The summed E-state index contributed by atoms with van der Waals surface area (Å²) in [7, 11) is 1.49. The molecule has 5 rings (SSSR count). The van der Waals surface area contributed by atoms with Crippen LogP contribution in [-0.2, 0) is 0 Å². The van der Waals surface area contributed by atoms with Gasteiger partial charge in [-0.05, 0) is 56.9 Å². The highest BCUT2D eigenvalue weighted by Crippen LogP contribution is 2.46. The lowest BCUT2D eigenvalue weighted by molar-refractivity contribution is 0.322. The van der Waals surface area contributed by atoms with Crippen LogP contribution in [0.1, 0.15) is 37.3 Å². The van der Waals surface area contributed by atoms with E-state index in [1.54, 1.807) is 13.0 Å². The van der Waals surface area contributed by atoms with Crippen molar-refractivity contribution >= 4 is 16.7 Å². The number of fused-ring (bicyclic) bond motifs is 1. The van der Waals surface area contributed by atoms with Crippen LogP contribution in [0.3, 0.4) is 0 Å². The first-order chi connectivity index (χ1) is 13.6. The number of benzene rings is 2. The second-order valence-corrected chi connectivity index (χ2v) is 7.85. The maximum atomic E-state index is 10.4. The summed E-state index contributed by atoms with van der Waals surface area (Å²) >= 11 is 0. The fraction of sp³-hybridized carbons (Fsp3) is 0.409. The van der Waals surface area contributed by atoms with Crippen molar-refractivity contribution in [3.05, 3.63) is 29.8 Å². The molecular formula is C22H25N3O3.